The van der Waals surface area contributed by atoms with E-state index in [1.807, 2.05) is 23.5 Å². The average molecular weight is 613 g/mol. The minimum absolute atomic E-state index is 0.282. The summed E-state index contributed by atoms with van der Waals surface area (Å²) in [4.78, 5) is 11.9. The molecular formula is C33H30BrN3S2. The van der Waals surface area contributed by atoms with Crippen molar-refractivity contribution in [1.82, 2.24) is 9.97 Å². The van der Waals surface area contributed by atoms with Gasteiger partial charge in [-0.05, 0) is 79.3 Å². The highest BCUT2D eigenvalue weighted by Gasteiger charge is 2.17. The molecule has 0 aliphatic heterocycles. The van der Waals surface area contributed by atoms with Crippen LogP contribution in [0.1, 0.15) is 29.0 Å². The van der Waals surface area contributed by atoms with Gasteiger partial charge < -0.3 is 15.7 Å². The second-order valence-electron chi connectivity index (χ2n) is 9.87. The first kappa shape index (κ1) is 26.3. The highest BCUT2D eigenvalue weighted by atomic mass is 79.9. The van der Waals surface area contributed by atoms with Gasteiger partial charge in [0.1, 0.15) is 0 Å². The molecule has 4 aromatic carbocycles. The Balaban J connectivity index is 1.22. The lowest BCUT2D eigenvalue weighted by Crippen LogP contribution is -2.14. The summed E-state index contributed by atoms with van der Waals surface area (Å²) in [6.07, 6.45) is 6.21. The van der Waals surface area contributed by atoms with Crippen LogP contribution >= 0.6 is 39.5 Å². The molecule has 0 spiro atoms. The number of rotatable bonds is 9. The molecule has 0 radical (unpaired) electrons. The van der Waals surface area contributed by atoms with E-state index in [0.29, 0.717) is 6.54 Å². The Bertz CT molecular complexity index is 1750. The number of halogens is 1. The molecule has 1 unspecified atom stereocenters. The predicted molar refractivity (Wildman–Crippen MR) is 170 cm³/mol. The molecule has 1 atom stereocenters. The molecule has 0 bridgehead atoms. The summed E-state index contributed by atoms with van der Waals surface area (Å²) in [6.45, 7) is 2.75. The number of aromatic amines is 2. The second-order valence-corrected chi connectivity index (χ2v) is 12.9. The number of benzene rings is 4. The lowest BCUT2D eigenvalue weighted by Gasteiger charge is -2.19. The van der Waals surface area contributed by atoms with E-state index in [4.69, 9.17) is 5.73 Å². The minimum Gasteiger partial charge on any atom is -0.360 e. The smallest absolute Gasteiger partial charge is 0.0477 e. The summed E-state index contributed by atoms with van der Waals surface area (Å²) in [7, 11) is 0. The van der Waals surface area contributed by atoms with E-state index in [2.05, 4.69) is 130 Å². The fourth-order valence-corrected chi connectivity index (χ4v) is 7.74. The molecule has 0 amide bonds. The van der Waals surface area contributed by atoms with Gasteiger partial charge in [0.15, 0.2) is 0 Å². The van der Waals surface area contributed by atoms with Gasteiger partial charge in [0.05, 0.1) is 0 Å². The Morgan fingerprint density at radius 1 is 0.744 bits per heavy atom. The van der Waals surface area contributed by atoms with Gasteiger partial charge in [-0.1, -0.05) is 94.1 Å². The highest BCUT2D eigenvalue weighted by Crippen LogP contribution is 2.40. The lowest BCUT2D eigenvalue weighted by molar-refractivity contribution is 0.621. The largest absolute Gasteiger partial charge is 0.360 e. The maximum Gasteiger partial charge on any atom is 0.0477 e. The van der Waals surface area contributed by atoms with Crippen molar-refractivity contribution in [2.45, 2.75) is 45.3 Å². The number of H-pyrrole nitrogens is 2. The van der Waals surface area contributed by atoms with E-state index >= 15 is 0 Å². The molecule has 4 N–H and O–H groups in total. The van der Waals surface area contributed by atoms with E-state index < -0.39 is 0 Å². The molecule has 6 heteroatoms. The third-order valence-corrected chi connectivity index (χ3v) is 10.0. The summed E-state index contributed by atoms with van der Waals surface area (Å²) in [5.41, 5.74) is 12.7. The molecule has 0 saturated carbocycles. The third kappa shape index (κ3) is 5.71. The Hall–Kier alpha value is -2.90. The molecule has 0 fully saturated rings. The van der Waals surface area contributed by atoms with Gasteiger partial charge in [0.25, 0.3) is 0 Å². The Kier molecular flexibility index (Phi) is 7.89. The zero-order chi connectivity index (χ0) is 26.8. The number of fused-ring (bicyclic) bond motifs is 2. The van der Waals surface area contributed by atoms with Crippen LogP contribution < -0.4 is 5.73 Å². The van der Waals surface area contributed by atoms with Crippen LogP contribution in [0.5, 0.6) is 0 Å². The molecule has 6 rings (SSSR count). The van der Waals surface area contributed by atoms with Crippen molar-refractivity contribution < 1.29 is 0 Å². The van der Waals surface area contributed by atoms with Crippen LogP contribution in [0, 0.1) is 6.92 Å². The molecular weight excluding hydrogens is 582 g/mol. The Morgan fingerprint density at radius 3 is 2.15 bits per heavy atom. The fraction of sp³-hybridized carbons (Fsp3) is 0.152. The van der Waals surface area contributed by atoms with Crippen molar-refractivity contribution in [3.05, 3.63) is 118 Å². The number of nitrogens with two attached hydrogens (primary N) is 1. The van der Waals surface area contributed by atoms with E-state index in [1.54, 1.807) is 0 Å². The second kappa shape index (κ2) is 11.7. The predicted octanol–water partition coefficient (Wildman–Crippen LogP) is 9.70. The molecule has 2 aromatic heterocycles. The summed E-state index contributed by atoms with van der Waals surface area (Å²) in [6, 6.07) is 30.5. The molecule has 6 aromatic rings. The number of aryl methyl sites for hydroxylation is 2. The fourth-order valence-electron chi connectivity index (χ4n) is 5.14. The Morgan fingerprint density at radius 2 is 1.38 bits per heavy atom. The molecule has 2 heterocycles. The molecule has 39 heavy (non-hydrogen) atoms. The van der Waals surface area contributed by atoms with E-state index in [-0.39, 0.29) is 5.92 Å². The van der Waals surface area contributed by atoms with E-state index in [9.17, 15) is 0 Å². The van der Waals surface area contributed by atoms with Gasteiger partial charge in [0, 0.05) is 58.3 Å². The van der Waals surface area contributed by atoms with Crippen molar-refractivity contribution in [2.75, 3.05) is 6.54 Å². The number of hydrogen-bond donors (Lipinski definition) is 3. The summed E-state index contributed by atoms with van der Waals surface area (Å²) in [5.74, 6) is 0.282. The maximum absolute atomic E-state index is 6.41. The summed E-state index contributed by atoms with van der Waals surface area (Å²) < 4.78 is 1.08. The monoisotopic (exact) mass is 611 g/mol. The van der Waals surface area contributed by atoms with Crippen LogP contribution in [0.2, 0.25) is 0 Å². The van der Waals surface area contributed by atoms with Crippen molar-refractivity contribution in [2.24, 2.45) is 5.73 Å². The van der Waals surface area contributed by atoms with Crippen molar-refractivity contribution in [3.63, 3.8) is 0 Å². The van der Waals surface area contributed by atoms with Crippen LogP contribution in [-0.2, 0) is 6.42 Å². The molecule has 0 aliphatic rings. The SMILES string of the molecule is Cc1ccc2c(Sc3ccccc3C(CN)CCc3ccccc3Sc3c[nH]c4cc(Br)ccc34)c[nH]c2c1. The van der Waals surface area contributed by atoms with Crippen LogP contribution in [0.3, 0.4) is 0 Å². The molecule has 0 saturated heterocycles. The van der Waals surface area contributed by atoms with Crippen molar-refractivity contribution >= 4 is 61.3 Å². The van der Waals surface area contributed by atoms with Gasteiger partial charge in [0.2, 0.25) is 0 Å². The van der Waals surface area contributed by atoms with Crippen molar-refractivity contribution in [3.8, 4) is 0 Å². The standard InChI is InChI=1S/C33H30BrN3S2/c1-21-10-14-26-28(16-21)36-20-33(26)39-31-9-5-3-7-25(31)23(18-35)12-11-22-6-2-4-8-30(22)38-32-19-37-29-17-24(34)13-15-27(29)32/h2-10,13-17,19-20,23,36-37H,11-12,18,35H2,1H3. The van der Waals surface area contributed by atoms with Crippen LogP contribution in [0.15, 0.2) is 121 Å². The summed E-state index contributed by atoms with van der Waals surface area (Å²) in [5, 5.41) is 2.51. The average Bonchev–Trinajstić information content (AvgIpc) is 3.53. The third-order valence-electron chi connectivity index (χ3n) is 7.22. The minimum atomic E-state index is 0.282. The van der Waals surface area contributed by atoms with Crippen LogP contribution in [0.25, 0.3) is 21.8 Å². The van der Waals surface area contributed by atoms with E-state index in [1.165, 1.54) is 52.6 Å². The van der Waals surface area contributed by atoms with Gasteiger partial charge in [-0.2, -0.15) is 0 Å². The van der Waals surface area contributed by atoms with Gasteiger partial charge >= 0.3 is 0 Å². The van der Waals surface area contributed by atoms with Crippen molar-refractivity contribution in [1.29, 1.82) is 0 Å². The van der Waals surface area contributed by atoms with Gasteiger partial charge in [-0.15, -0.1) is 0 Å². The molecule has 196 valence electrons. The van der Waals surface area contributed by atoms with Crippen LogP contribution in [0.4, 0.5) is 0 Å². The summed E-state index contributed by atoms with van der Waals surface area (Å²) >= 11 is 7.24. The number of nitrogens with one attached hydrogen (secondary N) is 2. The number of aromatic nitrogens is 2. The zero-order valence-electron chi connectivity index (χ0n) is 21.7. The first-order valence-corrected chi connectivity index (χ1v) is 15.6. The van der Waals surface area contributed by atoms with E-state index in [0.717, 1.165) is 22.8 Å². The zero-order valence-corrected chi connectivity index (χ0v) is 24.9. The normalized spacial score (nSPS) is 12.4. The van der Waals surface area contributed by atoms with Gasteiger partial charge in [-0.3, -0.25) is 0 Å². The first-order chi connectivity index (χ1) is 19.1. The Labute approximate surface area is 246 Å². The topological polar surface area (TPSA) is 57.6 Å². The van der Waals surface area contributed by atoms with Gasteiger partial charge in [-0.25, -0.2) is 0 Å². The quantitative estimate of drug-likeness (QED) is 0.152. The first-order valence-electron chi connectivity index (χ1n) is 13.2. The number of hydrogen-bond acceptors (Lipinski definition) is 3. The highest BCUT2D eigenvalue weighted by molar-refractivity contribution is 9.10. The molecule has 3 nitrogen and oxygen atoms in total. The van der Waals surface area contributed by atoms with Crippen LogP contribution in [-0.4, -0.2) is 16.5 Å². The maximum atomic E-state index is 6.41. The lowest BCUT2D eigenvalue weighted by atomic mass is 9.92. The molecule has 0 aliphatic carbocycles.